The van der Waals surface area contributed by atoms with E-state index in [2.05, 4.69) is 63.8 Å². The van der Waals surface area contributed by atoms with E-state index in [4.69, 9.17) is 22.3 Å². The van der Waals surface area contributed by atoms with Gasteiger partial charge in [-0.25, -0.2) is 0 Å². The lowest BCUT2D eigenvalue weighted by molar-refractivity contribution is -0.141. The predicted molar refractivity (Wildman–Crippen MR) is 290 cm³/mol. The monoisotopic (exact) mass is 1190 g/mol. The van der Waals surface area contributed by atoms with Crippen LogP contribution in [0.4, 0.5) is 0 Å². The van der Waals surface area contributed by atoms with Crippen LogP contribution < -0.4 is 81.0 Å². The zero-order chi connectivity index (χ0) is 63.8. The zero-order valence-electron chi connectivity index (χ0n) is 47.7. The third-order valence-corrected chi connectivity index (χ3v) is 12.1. The van der Waals surface area contributed by atoms with Gasteiger partial charge >= 0.3 is 17.9 Å². The zero-order valence-corrected chi connectivity index (χ0v) is 47.7. The number of carbonyl (C=O) groups is 16. The lowest BCUT2D eigenvalue weighted by Crippen LogP contribution is -2.59. The molecule has 0 heterocycles. The summed E-state index contributed by atoms with van der Waals surface area (Å²) >= 11 is 0. The molecule has 0 aliphatic carbocycles. The van der Waals surface area contributed by atoms with E-state index in [-0.39, 0.29) is 25.8 Å². The Hall–Kier alpha value is -8.56. The molecule has 34 heteroatoms. The van der Waals surface area contributed by atoms with E-state index in [0.717, 1.165) is 0 Å². The predicted octanol–water partition coefficient (Wildman–Crippen LogP) is -7.09. The molecule has 0 saturated carbocycles. The van der Waals surface area contributed by atoms with Crippen LogP contribution in [0.1, 0.15) is 126 Å². The molecule has 0 saturated heterocycles. The van der Waals surface area contributed by atoms with Gasteiger partial charge in [-0.3, -0.25) is 76.7 Å². The van der Waals surface area contributed by atoms with Crippen LogP contribution in [0, 0.1) is 0 Å². The van der Waals surface area contributed by atoms with Crippen molar-refractivity contribution in [2.75, 3.05) is 13.1 Å². The van der Waals surface area contributed by atoms with E-state index in [0.29, 0.717) is 25.8 Å². The van der Waals surface area contributed by atoms with Gasteiger partial charge in [-0.15, -0.1) is 0 Å². The van der Waals surface area contributed by atoms with Crippen LogP contribution in [-0.4, -0.2) is 196 Å². The van der Waals surface area contributed by atoms with Gasteiger partial charge in [-0.2, -0.15) is 0 Å². The first-order chi connectivity index (χ1) is 38.6. The number of carboxylic acid groups (broad SMARTS) is 3. The van der Waals surface area contributed by atoms with Gasteiger partial charge in [0.25, 0.3) is 0 Å². The average Bonchev–Trinajstić information content (AvgIpc) is 3.45. The molecule has 13 amide bonds. The fourth-order valence-electron chi connectivity index (χ4n) is 7.12. The van der Waals surface area contributed by atoms with Crippen LogP contribution in [0.25, 0.3) is 0 Å². The van der Waals surface area contributed by atoms with Crippen LogP contribution >= 0.6 is 0 Å². The molecule has 0 unspecified atom stereocenters. The first-order valence-electron chi connectivity index (χ1n) is 26.6. The Morgan fingerprint density at radius 2 is 0.554 bits per heavy atom. The Bertz CT molecular complexity index is 2340. The number of rotatable bonds is 40. The lowest BCUT2D eigenvalue weighted by atomic mass is 10.1. The van der Waals surface area contributed by atoms with Gasteiger partial charge in [-0.1, -0.05) is 0 Å². The van der Waals surface area contributed by atoms with Gasteiger partial charge in [-0.05, 0) is 113 Å². The number of unbranched alkanes of at least 4 members (excludes halogenated alkanes) is 2. The van der Waals surface area contributed by atoms with E-state index in [1.54, 1.807) is 0 Å². The standard InChI is InChI=1S/C49H83N15O19/c1-22(38(52)72)53-47(81)32(15-17-35(66)67)62-42(76)26(5)55-39(73)23(2)56-48(82)33(16-18-36(68)69)63-43(77)27(6)58-46(80)31(14-10-12-20-51)61-41(75)25(4)54-40(74)24(3)59-49(83)34(21-37(70)71)64-44(78)28(7)57-45(79)30(60-29(8)65)13-9-11-19-50/h22-28,30-34H,9-21,50-51H2,1-8H3,(H2,52,72)(H,53,81)(H,54,74)(H,55,73)(H,56,82)(H,57,79)(H,58,80)(H,59,83)(H,60,65)(H,61,75)(H,62,76)(H,63,77)(H,64,78)(H,66,67)(H,68,69)(H,70,71)/t22-,23-,24-,25-,26-,27-,28-,30-,31-,32-,33-,34-/m0/s1. The summed E-state index contributed by atoms with van der Waals surface area (Å²) in [5.41, 5.74) is 16.3. The Kier molecular flexibility index (Phi) is 34.3. The van der Waals surface area contributed by atoms with Gasteiger partial charge in [0.1, 0.15) is 72.5 Å². The van der Waals surface area contributed by atoms with E-state index in [9.17, 15) is 86.9 Å². The number of aliphatic carboxylic acids is 3. The minimum absolute atomic E-state index is 0.0549. The maximum atomic E-state index is 13.6. The number of hydrogen-bond acceptors (Lipinski definition) is 18. The van der Waals surface area contributed by atoms with Gasteiger partial charge in [0.05, 0.1) is 6.42 Å². The van der Waals surface area contributed by atoms with Crippen molar-refractivity contribution in [1.82, 2.24) is 63.8 Å². The first kappa shape index (κ1) is 74.4. The molecule has 468 valence electrons. The second-order valence-electron chi connectivity index (χ2n) is 19.5. The van der Waals surface area contributed by atoms with Crippen LogP contribution in [-0.2, 0) is 76.7 Å². The smallest absolute Gasteiger partial charge is 0.305 e. The Morgan fingerprint density at radius 1 is 0.313 bits per heavy atom. The van der Waals surface area contributed by atoms with Crippen molar-refractivity contribution in [1.29, 1.82) is 0 Å². The molecule has 0 aromatic heterocycles. The number of primary amides is 1. The number of amides is 13. The molecule has 21 N–H and O–H groups in total. The molecule has 12 atom stereocenters. The molecular weight excluding hydrogens is 1100 g/mol. The van der Waals surface area contributed by atoms with Gasteiger partial charge < -0.3 is 96.3 Å². The summed E-state index contributed by atoms with van der Waals surface area (Å²) in [7, 11) is 0. The van der Waals surface area contributed by atoms with E-state index >= 15 is 0 Å². The van der Waals surface area contributed by atoms with E-state index in [1.165, 1.54) is 55.4 Å². The molecule has 0 aromatic rings. The molecule has 0 bridgehead atoms. The highest BCUT2D eigenvalue weighted by atomic mass is 16.4. The molecule has 34 nitrogen and oxygen atoms in total. The van der Waals surface area contributed by atoms with Crippen molar-refractivity contribution in [3.05, 3.63) is 0 Å². The molecule has 83 heavy (non-hydrogen) atoms. The maximum Gasteiger partial charge on any atom is 0.305 e. The van der Waals surface area contributed by atoms with Crippen molar-refractivity contribution in [3.63, 3.8) is 0 Å². The van der Waals surface area contributed by atoms with Crippen LogP contribution in [0.3, 0.4) is 0 Å². The van der Waals surface area contributed by atoms with Crippen molar-refractivity contribution >= 4 is 94.7 Å². The maximum absolute atomic E-state index is 13.6. The molecule has 0 rings (SSSR count). The fourth-order valence-corrected chi connectivity index (χ4v) is 7.12. The minimum atomic E-state index is -1.77. The van der Waals surface area contributed by atoms with Crippen molar-refractivity contribution in [2.45, 2.75) is 199 Å². The Balaban J connectivity index is 5.92. The number of carboxylic acids is 3. The number of hydrogen-bond donors (Lipinski definition) is 18. The number of nitrogens with two attached hydrogens (primary N) is 3. The summed E-state index contributed by atoms with van der Waals surface area (Å²) < 4.78 is 0. The van der Waals surface area contributed by atoms with Crippen LogP contribution in [0.15, 0.2) is 0 Å². The van der Waals surface area contributed by atoms with Gasteiger partial charge in [0, 0.05) is 19.8 Å². The van der Waals surface area contributed by atoms with Crippen LogP contribution in [0.2, 0.25) is 0 Å². The summed E-state index contributed by atoms with van der Waals surface area (Å²) in [5.74, 6) is -16.4. The SMILES string of the molecule is CC(=O)N[C@@H](CCCCN)C(=O)N[C@@H](C)C(=O)N[C@@H](CC(=O)O)C(=O)N[C@@H](C)C(=O)N[C@@H](C)C(=O)N[C@@H](CCCCN)C(=O)N[C@@H](C)C(=O)N[C@@H](CCC(=O)O)C(=O)N[C@@H](C)C(=O)N[C@@H](C)C(=O)N[C@@H](CCC(=O)O)C(=O)N[C@@H](C)C(N)=O. The second kappa shape index (κ2) is 38.2. The van der Waals surface area contributed by atoms with Gasteiger partial charge in [0.15, 0.2) is 0 Å². The molecule has 0 aliphatic heterocycles. The van der Waals surface area contributed by atoms with Gasteiger partial charge in [0.2, 0.25) is 76.8 Å². The lowest BCUT2D eigenvalue weighted by Gasteiger charge is -2.26. The highest BCUT2D eigenvalue weighted by Gasteiger charge is 2.34. The summed E-state index contributed by atoms with van der Waals surface area (Å²) in [6.45, 7) is 10.2. The quantitative estimate of drug-likeness (QED) is 0.0254. The summed E-state index contributed by atoms with van der Waals surface area (Å²) in [6.07, 6.45) is -1.36. The molecule has 0 fully saturated rings. The highest BCUT2D eigenvalue weighted by molar-refractivity contribution is 6.00. The van der Waals surface area contributed by atoms with Crippen molar-refractivity contribution in [2.24, 2.45) is 17.2 Å². The third kappa shape index (κ3) is 30.2. The Labute approximate surface area is 478 Å². The molecular formula is C49H83N15O19. The third-order valence-electron chi connectivity index (χ3n) is 12.1. The topological polar surface area (TPSA) is 556 Å². The van der Waals surface area contributed by atoms with E-state index < -0.39 is 199 Å². The molecule has 0 aromatic carbocycles. The summed E-state index contributed by atoms with van der Waals surface area (Å²) in [5, 5.41) is 55.9. The highest BCUT2D eigenvalue weighted by Crippen LogP contribution is 2.07. The van der Waals surface area contributed by atoms with Crippen molar-refractivity contribution < 1.29 is 92.0 Å². The Morgan fingerprint density at radius 3 is 0.819 bits per heavy atom. The van der Waals surface area contributed by atoms with Crippen LogP contribution in [0.5, 0.6) is 0 Å². The fraction of sp³-hybridized carbons (Fsp3) is 0.673. The largest absolute Gasteiger partial charge is 0.481 e. The molecule has 0 radical (unpaired) electrons. The molecule has 0 aliphatic rings. The number of carbonyl (C=O) groups excluding carboxylic acids is 13. The summed E-state index contributed by atoms with van der Waals surface area (Å²) in [4.78, 5) is 203. The molecule has 0 spiro atoms. The van der Waals surface area contributed by atoms with E-state index in [1.807, 2.05) is 0 Å². The summed E-state index contributed by atoms with van der Waals surface area (Å²) in [6, 6.07) is -17.1. The second-order valence-corrected chi connectivity index (χ2v) is 19.5. The average molecular weight is 1190 g/mol. The normalized spacial score (nSPS) is 15.2. The minimum Gasteiger partial charge on any atom is -0.481 e. The first-order valence-corrected chi connectivity index (χ1v) is 26.6. The van der Waals surface area contributed by atoms with Crippen molar-refractivity contribution in [3.8, 4) is 0 Å². The number of nitrogens with one attached hydrogen (secondary N) is 12.